The summed E-state index contributed by atoms with van der Waals surface area (Å²) in [6.45, 7) is 6.18. The molecule has 0 aliphatic heterocycles. The van der Waals surface area contributed by atoms with Crippen molar-refractivity contribution in [3.05, 3.63) is 12.7 Å². The van der Waals surface area contributed by atoms with Gasteiger partial charge in [0, 0.05) is 6.61 Å². The molecule has 1 atom stereocenters. The fraction of sp³-hybridized carbons (Fsp3) is 0.714. The van der Waals surface area contributed by atoms with Gasteiger partial charge < -0.3 is 9.84 Å². The van der Waals surface area contributed by atoms with Gasteiger partial charge in [0.1, 0.15) is 0 Å². The average molecular weight is 130 g/mol. The van der Waals surface area contributed by atoms with Gasteiger partial charge in [-0.1, -0.05) is 6.08 Å². The molecule has 0 amide bonds. The maximum absolute atomic E-state index is 8.62. The highest BCUT2D eigenvalue weighted by Gasteiger charge is 2.01. The Morgan fingerprint density at radius 3 is 2.78 bits per heavy atom. The predicted molar refractivity (Wildman–Crippen MR) is 37.3 cm³/mol. The summed E-state index contributed by atoms with van der Waals surface area (Å²) in [5.74, 6) is 0. The summed E-state index contributed by atoms with van der Waals surface area (Å²) in [7, 11) is 0. The largest absolute Gasteiger partial charge is 0.394 e. The number of rotatable bonds is 5. The molecule has 0 radical (unpaired) electrons. The molecule has 0 spiro atoms. The van der Waals surface area contributed by atoms with E-state index in [4.69, 9.17) is 9.84 Å². The molecule has 0 heterocycles. The van der Waals surface area contributed by atoms with E-state index in [-0.39, 0.29) is 12.7 Å². The van der Waals surface area contributed by atoms with Crippen LogP contribution in [0.15, 0.2) is 12.7 Å². The minimum absolute atomic E-state index is 0.0486. The summed E-state index contributed by atoms with van der Waals surface area (Å²) in [6, 6.07) is 0. The van der Waals surface area contributed by atoms with Gasteiger partial charge in [-0.3, -0.25) is 0 Å². The van der Waals surface area contributed by atoms with E-state index in [0.29, 0.717) is 6.61 Å². The summed E-state index contributed by atoms with van der Waals surface area (Å²) < 4.78 is 5.11. The zero-order chi connectivity index (χ0) is 7.11. The Labute approximate surface area is 56.1 Å². The number of hydrogen-bond donors (Lipinski definition) is 1. The van der Waals surface area contributed by atoms with E-state index in [2.05, 4.69) is 6.58 Å². The molecule has 0 aliphatic carbocycles. The van der Waals surface area contributed by atoms with Crippen LogP contribution in [-0.4, -0.2) is 24.4 Å². The Morgan fingerprint density at radius 2 is 2.44 bits per heavy atom. The van der Waals surface area contributed by atoms with E-state index in [9.17, 15) is 0 Å². The first kappa shape index (κ1) is 8.66. The molecule has 0 aromatic rings. The van der Waals surface area contributed by atoms with Gasteiger partial charge in [0.15, 0.2) is 0 Å². The Balaban J connectivity index is 3.28. The summed E-state index contributed by atoms with van der Waals surface area (Å²) in [5, 5.41) is 8.62. The van der Waals surface area contributed by atoms with Gasteiger partial charge in [0.25, 0.3) is 0 Å². The first-order valence-electron chi connectivity index (χ1n) is 3.18. The number of ether oxygens (including phenoxy) is 1. The van der Waals surface area contributed by atoms with Crippen LogP contribution < -0.4 is 0 Å². The highest BCUT2D eigenvalue weighted by Crippen LogP contribution is 1.96. The Bertz CT molecular complexity index is 71.3. The molecule has 0 fully saturated rings. The van der Waals surface area contributed by atoms with Crippen molar-refractivity contribution in [2.75, 3.05) is 13.2 Å². The topological polar surface area (TPSA) is 29.5 Å². The van der Waals surface area contributed by atoms with Crippen molar-refractivity contribution in [3.63, 3.8) is 0 Å². The van der Waals surface area contributed by atoms with Gasteiger partial charge in [-0.05, 0) is 13.3 Å². The molecular formula is C7H14O2. The van der Waals surface area contributed by atoms with Crippen molar-refractivity contribution >= 4 is 0 Å². The zero-order valence-corrected chi connectivity index (χ0v) is 5.84. The van der Waals surface area contributed by atoms with Gasteiger partial charge >= 0.3 is 0 Å². The molecule has 0 aromatic carbocycles. The van der Waals surface area contributed by atoms with Crippen molar-refractivity contribution in [2.24, 2.45) is 0 Å². The van der Waals surface area contributed by atoms with Crippen LogP contribution in [0.5, 0.6) is 0 Å². The fourth-order valence-electron chi connectivity index (χ4n) is 0.617. The fourth-order valence-corrected chi connectivity index (χ4v) is 0.617. The normalized spacial score (nSPS) is 13.1. The lowest BCUT2D eigenvalue weighted by atomic mass is 10.3. The number of aliphatic hydroxyl groups is 1. The van der Waals surface area contributed by atoms with Gasteiger partial charge in [0.2, 0.25) is 0 Å². The third-order valence-electron chi connectivity index (χ3n) is 1.04. The summed E-state index contributed by atoms with van der Waals surface area (Å²) >= 11 is 0. The molecule has 0 bridgehead atoms. The predicted octanol–water partition coefficient (Wildman–Crippen LogP) is 0.960. The number of hydrogen-bond acceptors (Lipinski definition) is 2. The van der Waals surface area contributed by atoms with Crippen LogP contribution >= 0.6 is 0 Å². The van der Waals surface area contributed by atoms with Gasteiger partial charge in [0.05, 0.1) is 12.7 Å². The van der Waals surface area contributed by atoms with Gasteiger partial charge in [-0.2, -0.15) is 0 Å². The quantitative estimate of drug-likeness (QED) is 0.562. The highest BCUT2D eigenvalue weighted by atomic mass is 16.5. The molecule has 0 saturated heterocycles. The van der Waals surface area contributed by atoms with Crippen LogP contribution in [0.1, 0.15) is 13.3 Å². The molecule has 9 heavy (non-hydrogen) atoms. The standard InChI is InChI=1S/C7H14O2/c1-3-5-7(6-8)9-4-2/h3,7-8H,1,4-6H2,2H3. The van der Waals surface area contributed by atoms with Gasteiger partial charge in [-0.15, -0.1) is 6.58 Å². The van der Waals surface area contributed by atoms with Crippen molar-refractivity contribution in [2.45, 2.75) is 19.4 Å². The van der Waals surface area contributed by atoms with Crippen molar-refractivity contribution < 1.29 is 9.84 Å². The molecule has 0 aliphatic rings. The molecule has 0 saturated carbocycles. The Hall–Kier alpha value is -0.340. The third kappa shape index (κ3) is 4.18. The SMILES string of the molecule is C=CCC(CO)OCC. The van der Waals surface area contributed by atoms with E-state index in [1.807, 2.05) is 6.92 Å². The molecule has 0 aromatic heterocycles. The first-order valence-corrected chi connectivity index (χ1v) is 3.18. The molecule has 2 nitrogen and oxygen atoms in total. The van der Waals surface area contributed by atoms with Crippen LogP contribution in [0.2, 0.25) is 0 Å². The van der Waals surface area contributed by atoms with E-state index >= 15 is 0 Å². The summed E-state index contributed by atoms with van der Waals surface area (Å²) in [6.07, 6.45) is 2.42. The second-order valence-corrected chi connectivity index (χ2v) is 1.78. The summed E-state index contributed by atoms with van der Waals surface area (Å²) in [5.41, 5.74) is 0. The number of aliphatic hydroxyl groups excluding tert-OH is 1. The molecule has 0 rings (SSSR count). The van der Waals surface area contributed by atoms with Crippen LogP contribution in [-0.2, 0) is 4.74 Å². The third-order valence-corrected chi connectivity index (χ3v) is 1.04. The zero-order valence-electron chi connectivity index (χ0n) is 5.84. The monoisotopic (exact) mass is 130 g/mol. The van der Waals surface area contributed by atoms with E-state index in [0.717, 1.165) is 6.42 Å². The molecule has 54 valence electrons. The van der Waals surface area contributed by atoms with E-state index in [1.165, 1.54) is 0 Å². The van der Waals surface area contributed by atoms with Crippen molar-refractivity contribution in [1.82, 2.24) is 0 Å². The van der Waals surface area contributed by atoms with Crippen LogP contribution in [0, 0.1) is 0 Å². The average Bonchev–Trinajstić information content (AvgIpc) is 1.88. The van der Waals surface area contributed by atoms with Gasteiger partial charge in [-0.25, -0.2) is 0 Å². The first-order chi connectivity index (χ1) is 4.35. The lowest BCUT2D eigenvalue weighted by molar-refractivity contribution is 0.0224. The lowest BCUT2D eigenvalue weighted by Gasteiger charge is -2.10. The second-order valence-electron chi connectivity index (χ2n) is 1.78. The second kappa shape index (κ2) is 5.79. The Morgan fingerprint density at radius 1 is 1.78 bits per heavy atom. The maximum atomic E-state index is 8.62. The minimum atomic E-state index is -0.0486. The maximum Gasteiger partial charge on any atom is 0.0839 e. The molecule has 1 N–H and O–H groups in total. The molecule has 2 heteroatoms. The lowest BCUT2D eigenvalue weighted by Crippen LogP contribution is -2.16. The van der Waals surface area contributed by atoms with Crippen molar-refractivity contribution in [1.29, 1.82) is 0 Å². The van der Waals surface area contributed by atoms with Crippen LogP contribution in [0.4, 0.5) is 0 Å². The molecular weight excluding hydrogens is 116 g/mol. The van der Waals surface area contributed by atoms with Crippen molar-refractivity contribution in [3.8, 4) is 0 Å². The van der Waals surface area contributed by atoms with Crippen LogP contribution in [0.25, 0.3) is 0 Å². The van der Waals surface area contributed by atoms with E-state index in [1.54, 1.807) is 6.08 Å². The highest BCUT2D eigenvalue weighted by molar-refractivity contribution is 4.72. The van der Waals surface area contributed by atoms with E-state index < -0.39 is 0 Å². The summed E-state index contributed by atoms with van der Waals surface area (Å²) in [4.78, 5) is 0. The smallest absolute Gasteiger partial charge is 0.0839 e. The minimum Gasteiger partial charge on any atom is -0.394 e. The van der Waals surface area contributed by atoms with Crippen LogP contribution in [0.3, 0.4) is 0 Å². The Kier molecular flexibility index (Phi) is 5.57. The molecule has 1 unspecified atom stereocenters.